The summed E-state index contributed by atoms with van der Waals surface area (Å²) in [7, 11) is 1.51. The number of nitro groups is 1. The topological polar surface area (TPSA) is 118 Å². The van der Waals surface area contributed by atoms with E-state index in [1.165, 1.54) is 13.2 Å². The maximum atomic E-state index is 12.2. The minimum Gasteiger partial charge on any atom is -0.496 e. The quantitative estimate of drug-likeness (QED) is 0.356. The highest BCUT2D eigenvalue weighted by atomic mass is 35.5. The first-order valence-electron chi connectivity index (χ1n) is 7.56. The number of nitro benzene ring substituents is 1. The molecule has 1 aromatic heterocycles. The van der Waals surface area contributed by atoms with Crippen molar-refractivity contribution in [2.75, 3.05) is 7.11 Å². The van der Waals surface area contributed by atoms with Gasteiger partial charge >= 0.3 is 5.97 Å². The second-order valence-corrected chi connectivity index (χ2v) is 5.64. The third-order valence-electron chi connectivity index (χ3n) is 3.52. The average Bonchev–Trinajstić information content (AvgIpc) is 3.14. The minimum atomic E-state index is -0.929. The van der Waals surface area contributed by atoms with E-state index in [0.29, 0.717) is 11.3 Å². The molecular formula is C17H12ClN3O6. The number of ether oxygens (including phenoxy) is 2. The zero-order valence-electron chi connectivity index (χ0n) is 13.9. The fourth-order valence-corrected chi connectivity index (χ4v) is 2.46. The molecule has 2 aromatic carbocycles. The second-order valence-electron chi connectivity index (χ2n) is 5.21. The Labute approximate surface area is 157 Å². The number of halogens is 1. The predicted molar refractivity (Wildman–Crippen MR) is 93.5 cm³/mol. The normalized spacial score (nSPS) is 10.4. The lowest BCUT2D eigenvalue weighted by Crippen LogP contribution is -2.08. The Morgan fingerprint density at radius 1 is 1.30 bits per heavy atom. The van der Waals surface area contributed by atoms with Crippen molar-refractivity contribution in [3.63, 3.8) is 0 Å². The molecule has 0 atom stereocenters. The molecular weight excluding hydrogens is 378 g/mol. The Bertz CT molecular complexity index is 1000. The van der Waals surface area contributed by atoms with Crippen LogP contribution in [0.4, 0.5) is 5.69 Å². The van der Waals surface area contributed by atoms with E-state index >= 15 is 0 Å². The number of carbonyl (C=O) groups is 1. The van der Waals surface area contributed by atoms with Gasteiger partial charge in [0.25, 0.3) is 11.6 Å². The largest absolute Gasteiger partial charge is 0.496 e. The van der Waals surface area contributed by atoms with Crippen molar-refractivity contribution >= 4 is 23.3 Å². The molecule has 0 saturated carbocycles. The Morgan fingerprint density at radius 3 is 2.81 bits per heavy atom. The molecule has 0 aliphatic rings. The summed E-state index contributed by atoms with van der Waals surface area (Å²) in [6.45, 7) is -0.356. The SMILES string of the molecule is COc1ccccc1-c1noc(COC(=O)c2cc(Cl)ccc2[N+](=O)[O-])n1. The molecule has 0 fully saturated rings. The molecule has 27 heavy (non-hydrogen) atoms. The molecule has 0 unspecified atom stereocenters. The second kappa shape index (κ2) is 7.83. The smallest absolute Gasteiger partial charge is 0.345 e. The Hall–Kier alpha value is -3.46. The van der Waals surface area contributed by atoms with Gasteiger partial charge in [-0.1, -0.05) is 28.9 Å². The summed E-state index contributed by atoms with van der Waals surface area (Å²) >= 11 is 5.80. The fourth-order valence-electron chi connectivity index (χ4n) is 2.29. The molecule has 0 amide bonds. The Balaban J connectivity index is 1.75. The van der Waals surface area contributed by atoms with E-state index in [4.69, 9.17) is 25.6 Å². The van der Waals surface area contributed by atoms with Gasteiger partial charge in [-0.3, -0.25) is 10.1 Å². The van der Waals surface area contributed by atoms with Gasteiger partial charge in [-0.25, -0.2) is 4.79 Å². The number of benzene rings is 2. The number of esters is 1. The molecule has 0 saturated heterocycles. The molecule has 0 N–H and O–H groups in total. The van der Waals surface area contributed by atoms with Crippen molar-refractivity contribution in [1.82, 2.24) is 10.1 Å². The third-order valence-corrected chi connectivity index (χ3v) is 3.75. The van der Waals surface area contributed by atoms with Gasteiger partial charge in [0, 0.05) is 11.1 Å². The predicted octanol–water partition coefficient (Wildman–Crippen LogP) is 3.66. The first-order chi connectivity index (χ1) is 13.0. The molecule has 3 aromatic rings. The maximum Gasteiger partial charge on any atom is 0.345 e. The van der Waals surface area contributed by atoms with Gasteiger partial charge in [0.1, 0.15) is 11.3 Å². The number of nitrogens with zero attached hydrogens (tertiary/aromatic N) is 3. The van der Waals surface area contributed by atoms with Gasteiger partial charge in [0.05, 0.1) is 17.6 Å². The van der Waals surface area contributed by atoms with Gasteiger partial charge in [-0.2, -0.15) is 4.98 Å². The van der Waals surface area contributed by atoms with E-state index in [2.05, 4.69) is 10.1 Å². The first-order valence-corrected chi connectivity index (χ1v) is 7.94. The lowest BCUT2D eigenvalue weighted by molar-refractivity contribution is -0.385. The van der Waals surface area contributed by atoms with E-state index < -0.39 is 16.6 Å². The standard InChI is InChI=1S/C17H12ClN3O6/c1-25-14-5-3-2-4-11(14)16-19-15(27-20-16)9-26-17(22)12-8-10(18)6-7-13(12)21(23)24/h2-8H,9H2,1H3. The monoisotopic (exact) mass is 389 g/mol. The van der Waals surface area contributed by atoms with Crippen LogP contribution in [0.3, 0.4) is 0 Å². The van der Waals surface area contributed by atoms with Crippen molar-refractivity contribution in [1.29, 1.82) is 0 Å². The summed E-state index contributed by atoms with van der Waals surface area (Å²) in [5.41, 5.74) is -0.0755. The molecule has 0 aliphatic carbocycles. The number of methoxy groups -OCH3 is 1. The summed E-state index contributed by atoms with van der Waals surface area (Å²) < 4.78 is 15.3. The third kappa shape index (κ3) is 4.04. The summed E-state index contributed by atoms with van der Waals surface area (Å²) in [5.74, 6) is -0.0983. The number of rotatable bonds is 6. The Kier molecular flexibility index (Phi) is 5.32. The lowest BCUT2D eigenvalue weighted by atomic mass is 10.2. The molecule has 0 spiro atoms. The van der Waals surface area contributed by atoms with Crippen molar-refractivity contribution in [2.45, 2.75) is 6.61 Å². The zero-order chi connectivity index (χ0) is 19.4. The zero-order valence-corrected chi connectivity index (χ0v) is 14.7. The van der Waals surface area contributed by atoms with Crippen molar-refractivity contribution in [3.05, 3.63) is 69.1 Å². The van der Waals surface area contributed by atoms with E-state index in [1.54, 1.807) is 24.3 Å². The summed E-state index contributed by atoms with van der Waals surface area (Å²) in [4.78, 5) is 26.7. The highest BCUT2D eigenvalue weighted by Crippen LogP contribution is 2.27. The van der Waals surface area contributed by atoms with Gasteiger partial charge in [0.2, 0.25) is 5.82 Å². The molecule has 9 nitrogen and oxygen atoms in total. The van der Waals surface area contributed by atoms with Crippen LogP contribution in [0.15, 0.2) is 47.0 Å². The van der Waals surface area contributed by atoms with E-state index in [0.717, 1.165) is 12.1 Å². The molecule has 3 rings (SSSR count). The van der Waals surface area contributed by atoms with E-state index in [-0.39, 0.29) is 28.9 Å². The molecule has 1 heterocycles. The molecule has 138 valence electrons. The number of hydrogen-bond acceptors (Lipinski definition) is 8. The van der Waals surface area contributed by atoms with Gasteiger partial charge in [0.15, 0.2) is 6.61 Å². The number of carbonyl (C=O) groups excluding carboxylic acids is 1. The molecule has 10 heteroatoms. The highest BCUT2D eigenvalue weighted by Gasteiger charge is 2.23. The summed E-state index contributed by atoms with van der Waals surface area (Å²) in [5, 5.41) is 15.0. The average molecular weight is 390 g/mol. The van der Waals surface area contributed by atoms with Crippen LogP contribution in [0.2, 0.25) is 5.02 Å². The molecule has 0 radical (unpaired) electrons. The molecule has 0 aliphatic heterocycles. The van der Waals surface area contributed by atoms with Gasteiger partial charge in [-0.05, 0) is 24.3 Å². The fraction of sp³-hybridized carbons (Fsp3) is 0.118. The van der Waals surface area contributed by atoms with Crippen molar-refractivity contribution < 1.29 is 23.7 Å². The van der Waals surface area contributed by atoms with E-state index in [9.17, 15) is 14.9 Å². The van der Waals surface area contributed by atoms with Crippen LogP contribution >= 0.6 is 11.6 Å². The molecule has 0 bridgehead atoms. The van der Waals surface area contributed by atoms with Crippen LogP contribution < -0.4 is 4.74 Å². The Morgan fingerprint density at radius 2 is 2.07 bits per heavy atom. The van der Waals surface area contributed by atoms with Gasteiger partial charge < -0.3 is 14.0 Å². The maximum absolute atomic E-state index is 12.2. The summed E-state index contributed by atoms with van der Waals surface area (Å²) in [6, 6.07) is 10.7. The van der Waals surface area contributed by atoms with Gasteiger partial charge in [-0.15, -0.1) is 0 Å². The van der Waals surface area contributed by atoms with E-state index in [1.807, 2.05) is 0 Å². The van der Waals surface area contributed by atoms with Crippen LogP contribution in [0.1, 0.15) is 16.2 Å². The number of para-hydroxylation sites is 1. The van der Waals surface area contributed by atoms with Crippen LogP contribution in [-0.2, 0) is 11.3 Å². The highest BCUT2D eigenvalue weighted by molar-refractivity contribution is 6.31. The first kappa shape index (κ1) is 18.3. The van der Waals surface area contributed by atoms with Crippen LogP contribution in [0.25, 0.3) is 11.4 Å². The number of aromatic nitrogens is 2. The van der Waals surface area contributed by atoms with Crippen molar-refractivity contribution in [2.24, 2.45) is 0 Å². The number of hydrogen-bond donors (Lipinski definition) is 0. The summed E-state index contributed by atoms with van der Waals surface area (Å²) in [6.07, 6.45) is 0. The lowest BCUT2D eigenvalue weighted by Gasteiger charge is -2.04. The van der Waals surface area contributed by atoms with Crippen LogP contribution in [0, 0.1) is 10.1 Å². The van der Waals surface area contributed by atoms with Crippen molar-refractivity contribution in [3.8, 4) is 17.1 Å². The van der Waals surface area contributed by atoms with Crippen LogP contribution in [0.5, 0.6) is 5.75 Å². The minimum absolute atomic E-state index is 0.0222. The van der Waals surface area contributed by atoms with Crippen LogP contribution in [-0.4, -0.2) is 28.1 Å².